The second kappa shape index (κ2) is 9.62. The fourth-order valence-corrected chi connectivity index (χ4v) is 2.98. The fourth-order valence-electron chi connectivity index (χ4n) is 2.98. The van der Waals surface area contributed by atoms with E-state index in [1.54, 1.807) is 29.9 Å². The maximum absolute atomic E-state index is 12.3. The molecule has 0 fully saturated rings. The molecule has 0 atom stereocenters. The maximum atomic E-state index is 12.3. The molecule has 0 saturated heterocycles. The lowest BCUT2D eigenvalue weighted by Gasteiger charge is -2.11. The van der Waals surface area contributed by atoms with Crippen LogP contribution in [0.5, 0.6) is 5.88 Å². The van der Waals surface area contributed by atoms with Gasteiger partial charge in [0.2, 0.25) is 17.7 Å². The second-order valence-electron chi connectivity index (χ2n) is 7.12. The van der Waals surface area contributed by atoms with Gasteiger partial charge in [0, 0.05) is 29.5 Å². The number of aromatic nitrogens is 4. The minimum absolute atomic E-state index is 0.0407. The fraction of sp³-hybridized carbons (Fsp3) is 0.350. The monoisotopic (exact) mass is 450 g/mol. The predicted octanol–water partition coefficient (Wildman–Crippen LogP) is 1.66. The number of hydrogen-bond donors (Lipinski definition) is 2. The van der Waals surface area contributed by atoms with Crippen LogP contribution in [0.25, 0.3) is 10.9 Å². The number of nitrogens with two attached hydrogens (primary N) is 1. The topological polar surface area (TPSA) is 125 Å². The molecular formula is C20H21F3N6O3. The standard InChI is InChI=1S/C20H21F3N6O3/c1-12-6-13(8-27-19(12)32-5-3-20(21,22)23)10-29-11-14-15(28-29)2-4-25-16(14)7-18(31)26-9-17(24)30/h2,4,6,8,11H,3,5,7,9-10H2,1H3,(H2,24,30)(H,26,31). The first kappa shape index (κ1) is 23.0. The molecule has 3 rings (SSSR count). The van der Waals surface area contributed by atoms with Crippen LogP contribution in [-0.2, 0) is 22.6 Å². The van der Waals surface area contributed by atoms with E-state index >= 15 is 0 Å². The molecule has 0 aliphatic carbocycles. The number of rotatable bonds is 9. The minimum Gasteiger partial charge on any atom is -0.477 e. The van der Waals surface area contributed by atoms with Gasteiger partial charge in [0.05, 0.1) is 43.7 Å². The number of hydrogen-bond acceptors (Lipinski definition) is 6. The summed E-state index contributed by atoms with van der Waals surface area (Å²) in [5.41, 5.74) is 7.53. The molecule has 3 heterocycles. The van der Waals surface area contributed by atoms with Crippen LogP contribution in [0.1, 0.15) is 23.2 Å². The van der Waals surface area contributed by atoms with Gasteiger partial charge in [-0.05, 0) is 24.6 Å². The van der Waals surface area contributed by atoms with Crippen LogP contribution in [0.15, 0.2) is 30.7 Å². The van der Waals surface area contributed by atoms with Crippen LogP contribution < -0.4 is 15.8 Å². The molecule has 3 aromatic heterocycles. The number of alkyl halides is 3. The van der Waals surface area contributed by atoms with Crippen molar-refractivity contribution in [3.63, 3.8) is 0 Å². The van der Waals surface area contributed by atoms with E-state index in [4.69, 9.17) is 10.5 Å². The van der Waals surface area contributed by atoms with Gasteiger partial charge in [-0.15, -0.1) is 0 Å². The number of aryl methyl sites for hydroxylation is 1. The van der Waals surface area contributed by atoms with E-state index in [9.17, 15) is 22.8 Å². The molecule has 0 spiro atoms. The number of carbonyl (C=O) groups excluding carboxylic acids is 2. The molecule has 0 aliphatic heterocycles. The van der Waals surface area contributed by atoms with Gasteiger partial charge in [0.25, 0.3) is 0 Å². The molecule has 0 aromatic carbocycles. The first-order valence-corrected chi connectivity index (χ1v) is 9.62. The molecule has 0 aliphatic rings. The number of primary amides is 1. The van der Waals surface area contributed by atoms with Gasteiger partial charge in [-0.25, -0.2) is 4.98 Å². The molecule has 9 nitrogen and oxygen atoms in total. The third-order valence-corrected chi connectivity index (χ3v) is 4.41. The maximum Gasteiger partial charge on any atom is 0.392 e. The number of halogens is 3. The summed E-state index contributed by atoms with van der Waals surface area (Å²) in [7, 11) is 0. The lowest BCUT2D eigenvalue weighted by molar-refractivity contribution is -0.139. The van der Waals surface area contributed by atoms with Crippen molar-refractivity contribution < 1.29 is 27.5 Å². The average molecular weight is 450 g/mol. The minimum atomic E-state index is -4.29. The molecule has 0 bridgehead atoms. The Kier molecular flexibility index (Phi) is 6.91. The van der Waals surface area contributed by atoms with E-state index in [-0.39, 0.29) is 18.8 Å². The highest BCUT2D eigenvalue weighted by Crippen LogP contribution is 2.22. The molecule has 3 N–H and O–H groups in total. The number of nitrogens with zero attached hydrogens (tertiary/aromatic N) is 4. The van der Waals surface area contributed by atoms with Gasteiger partial charge in [-0.1, -0.05) is 0 Å². The Morgan fingerprint density at radius 3 is 2.75 bits per heavy atom. The summed E-state index contributed by atoms with van der Waals surface area (Å²) in [5, 5.41) is 7.56. The van der Waals surface area contributed by atoms with Gasteiger partial charge in [0.15, 0.2) is 0 Å². The van der Waals surface area contributed by atoms with Crippen molar-refractivity contribution in [3.05, 3.63) is 47.5 Å². The van der Waals surface area contributed by atoms with E-state index in [1.807, 2.05) is 0 Å². The third-order valence-electron chi connectivity index (χ3n) is 4.41. The molecule has 32 heavy (non-hydrogen) atoms. The van der Waals surface area contributed by atoms with E-state index in [0.717, 1.165) is 5.56 Å². The molecule has 170 valence electrons. The van der Waals surface area contributed by atoms with Gasteiger partial charge in [-0.2, -0.15) is 18.3 Å². The van der Waals surface area contributed by atoms with Gasteiger partial charge < -0.3 is 15.8 Å². The lowest BCUT2D eigenvalue weighted by atomic mass is 10.2. The molecular weight excluding hydrogens is 429 g/mol. The molecule has 0 saturated carbocycles. The number of pyridine rings is 2. The van der Waals surface area contributed by atoms with E-state index in [2.05, 4.69) is 20.4 Å². The molecule has 0 unspecified atom stereocenters. The number of amides is 2. The highest BCUT2D eigenvalue weighted by atomic mass is 19.4. The summed E-state index contributed by atoms with van der Waals surface area (Å²) in [6.45, 7) is 1.30. The van der Waals surface area contributed by atoms with Crippen molar-refractivity contribution in [1.29, 1.82) is 0 Å². The summed E-state index contributed by atoms with van der Waals surface area (Å²) in [6, 6.07) is 3.47. The Hall–Kier alpha value is -3.70. The van der Waals surface area contributed by atoms with Crippen LogP contribution in [0.4, 0.5) is 13.2 Å². The average Bonchev–Trinajstić information content (AvgIpc) is 3.11. The van der Waals surface area contributed by atoms with E-state index < -0.39 is 31.0 Å². The summed E-state index contributed by atoms with van der Waals surface area (Å²) in [6.07, 6.45) is -0.588. The molecule has 2 amide bonds. The normalized spacial score (nSPS) is 11.5. The summed E-state index contributed by atoms with van der Waals surface area (Å²) >= 11 is 0. The second-order valence-corrected chi connectivity index (χ2v) is 7.12. The van der Waals surface area contributed by atoms with Crippen LogP contribution >= 0.6 is 0 Å². The quantitative estimate of drug-likeness (QED) is 0.511. The van der Waals surface area contributed by atoms with Gasteiger partial charge >= 0.3 is 6.18 Å². The van der Waals surface area contributed by atoms with Crippen molar-refractivity contribution >= 4 is 22.7 Å². The number of nitrogens with one attached hydrogen (secondary N) is 1. The van der Waals surface area contributed by atoms with Gasteiger partial charge in [0.1, 0.15) is 0 Å². The van der Waals surface area contributed by atoms with Crippen LogP contribution in [-0.4, -0.2) is 50.9 Å². The highest BCUT2D eigenvalue weighted by Gasteiger charge is 2.27. The Morgan fingerprint density at radius 1 is 1.28 bits per heavy atom. The van der Waals surface area contributed by atoms with Crippen LogP contribution in [0.2, 0.25) is 0 Å². The Balaban J connectivity index is 1.69. The Labute approximate surface area is 180 Å². The van der Waals surface area contributed by atoms with E-state index in [1.165, 1.54) is 12.4 Å². The molecule has 3 aromatic rings. The Morgan fingerprint density at radius 2 is 2.06 bits per heavy atom. The third kappa shape index (κ3) is 6.40. The first-order valence-electron chi connectivity index (χ1n) is 9.62. The largest absolute Gasteiger partial charge is 0.477 e. The summed E-state index contributed by atoms with van der Waals surface area (Å²) in [4.78, 5) is 31.1. The van der Waals surface area contributed by atoms with Gasteiger partial charge in [-0.3, -0.25) is 19.3 Å². The van der Waals surface area contributed by atoms with Crippen molar-refractivity contribution in [2.45, 2.75) is 32.5 Å². The zero-order valence-electron chi connectivity index (χ0n) is 17.1. The molecule has 12 heteroatoms. The van der Waals surface area contributed by atoms with Crippen molar-refractivity contribution in [2.75, 3.05) is 13.2 Å². The lowest BCUT2D eigenvalue weighted by Crippen LogP contribution is -2.34. The zero-order valence-corrected chi connectivity index (χ0v) is 17.1. The zero-order chi connectivity index (χ0) is 23.3. The van der Waals surface area contributed by atoms with Crippen molar-refractivity contribution in [1.82, 2.24) is 25.1 Å². The van der Waals surface area contributed by atoms with E-state index in [0.29, 0.717) is 28.7 Å². The summed E-state index contributed by atoms with van der Waals surface area (Å²) in [5.74, 6) is -0.882. The number of ether oxygens (including phenoxy) is 1. The number of carbonyl (C=O) groups is 2. The van der Waals surface area contributed by atoms with Crippen molar-refractivity contribution in [3.8, 4) is 5.88 Å². The number of fused-ring (bicyclic) bond motifs is 1. The highest BCUT2D eigenvalue weighted by molar-refractivity contribution is 5.88. The predicted molar refractivity (Wildman–Crippen MR) is 108 cm³/mol. The molecule has 0 radical (unpaired) electrons. The first-order chi connectivity index (χ1) is 15.1. The van der Waals surface area contributed by atoms with Crippen LogP contribution in [0.3, 0.4) is 0 Å². The summed E-state index contributed by atoms with van der Waals surface area (Å²) < 4.78 is 43.6. The van der Waals surface area contributed by atoms with Crippen molar-refractivity contribution in [2.24, 2.45) is 5.73 Å². The SMILES string of the molecule is Cc1cc(Cn2cc3c(CC(=O)NCC(N)=O)nccc3n2)cnc1OCCC(F)(F)F. The Bertz CT molecular complexity index is 1130. The smallest absolute Gasteiger partial charge is 0.392 e. The van der Waals surface area contributed by atoms with Crippen LogP contribution in [0, 0.1) is 6.92 Å².